The lowest BCUT2D eigenvalue weighted by atomic mass is 9.72. The Morgan fingerprint density at radius 1 is 1.11 bits per heavy atom. The number of fused-ring (bicyclic) bond motifs is 3. The molecule has 0 saturated carbocycles. The van der Waals surface area contributed by atoms with Crippen LogP contribution in [0.4, 0.5) is 11.4 Å². The van der Waals surface area contributed by atoms with Crippen molar-refractivity contribution in [1.82, 2.24) is 0 Å². The van der Waals surface area contributed by atoms with Crippen molar-refractivity contribution in [2.24, 2.45) is 4.99 Å². The number of amides is 1. The Morgan fingerprint density at radius 3 is 2.39 bits per heavy atom. The molecule has 0 aromatic heterocycles. The molecular formula is C20H20N2O5S. The third-order valence-electron chi connectivity index (χ3n) is 5.32. The molecule has 2 atom stereocenters. The summed E-state index contributed by atoms with van der Waals surface area (Å²) in [4.78, 5) is 19.0. The first kappa shape index (κ1) is 18.6. The van der Waals surface area contributed by atoms with Crippen molar-refractivity contribution >= 4 is 32.2 Å². The molecule has 1 fully saturated rings. The Kier molecular flexibility index (Phi) is 4.28. The molecule has 1 saturated heterocycles. The first-order chi connectivity index (χ1) is 13.3. The van der Waals surface area contributed by atoms with E-state index in [1.807, 2.05) is 12.1 Å². The number of methoxy groups -OCH3 is 2. The van der Waals surface area contributed by atoms with Crippen LogP contribution < -0.4 is 9.64 Å². The number of rotatable bonds is 3. The second-order valence-corrected chi connectivity index (χ2v) is 8.90. The highest BCUT2D eigenvalue weighted by molar-refractivity contribution is 8.05. The van der Waals surface area contributed by atoms with Gasteiger partial charge in [-0.3, -0.25) is 9.69 Å². The van der Waals surface area contributed by atoms with Crippen LogP contribution in [0.3, 0.4) is 0 Å². The van der Waals surface area contributed by atoms with E-state index in [1.165, 1.54) is 7.11 Å². The van der Waals surface area contributed by atoms with E-state index >= 15 is 0 Å². The number of carbonyl (C=O) groups is 1. The molecule has 2 aliphatic heterocycles. The third-order valence-corrected chi connectivity index (χ3v) is 6.41. The number of ether oxygens (including phenoxy) is 2. The molecule has 1 amide bonds. The van der Waals surface area contributed by atoms with E-state index in [1.54, 1.807) is 48.4 Å². The zero-order valence-corrected chi connectivity index (χ0v) is 16.6. The molecule has 0 spiro atoms. The lowest BCUT2D eigenvalue weighted by Crippen LogP contribution is -2.73. The molecule has 2 aromatic rings. The van der Waals surface area contributed by atoms with E-state index in [9.17, 15) is 13.2 Å². The Morgan fingerprint density at radius 2 is 1.79 bits per heavy atom. The van der Waals surface area contributed by atoms with Gasteiger partial charge in [0, 0.05) is 19.8 Å². The molecule has 7 nitrogen and oxygen atoms in total. The molecule has 28 heavy (non-hydrogen) atoms. The molecule has 8 heteroatoms. The number of β-lactam (4-membered cyclic amide) rings is 1. The SMILES string of the molecule is COc1ccc(C23CC(S(C)(=O)=O)=Nc4ccccc4N2C(=O)C3OC)cc1. The molecule has 0 radical (unpaired) electrons. The van der Waals surface area contributed by atoms with Gasteiger partial charge in [-0.15, -0.1) is 0 Å². The van der Waals surface area contributed by atoms with Crippen molar-refractivity contribution in [3.05, 3.63) is 54.1 Å². The number of aliphatic imine (C=N–C) groups is 1. The zero-order valence-electron chi connectivity index (χ0n) is 15.7. The lowest BCUT2D eigenvalue weighted by Gasteiger charge is -2.56. The summed E-state index contributed by atoms with van der Waals surface area (Å²) in [5.74, 6) is 0.438. The predicted octanol–water partition coefficient (Wildman–Crippen LogP) is 2.43. The van der Waals surface area contributed by atoms with Crippen molar-refractivity contribution in [2.75, 3.05) is 25.4 Å². The topological polar surface area (TPSA) is 85.3 Å². The van der Waals surface area contributed by atoms with E-state index in [-0.39, 0.29) is 17.4 Å². The Labute approximate surface area is 163 Å². The molecule has 0 N–H and O–H groups in total. The number of para-hydroxylation sites is 2. The number of hydrogen-bond acceptors (Lipinski definition) is 6. The highest BCUT2D eigenvalue weighted by atomic mass is 32.2. The molecule has 2 heterocycles. The average molecular weight is 400 g/mol. The number of nitrogens with zero attached hydrogens (tertiary/aromatic N) is 2. The van der Waals surface area contributed by atoms with Crippen LogP contribution in [-0.4, -0.2) is 45.9 Å². The lowest BCUT2D eigenvalue weighted by molar-refractivity contribution is -0.147. The largest absolute Gasteiger partial charge is 0.497 e. The van der Waals surface area contributed by atoms with Crippen LogP contribution in [0.5, 0.6) is 5.75 Å². The molecule has 146 valence electrons. The summed E-state index contributed by atoms with van der Waals surface area (Å²) < 4.78 is 35.7. The minimum atomic E-state index is -3.59. The summed E-state index contributed by atoms with van der Waals surface area (Å²) in [6, 6.07) is 14.3. The number of carbonyl (C=O) groups excluding carboxylic acids is 1. The van der Waals surface area contributed by atoms with Gasteiger partial charge >= 0.3 is 0 Å². The highest BCUT2D eigenvalue weighted by Gasteiger charge is 2.64. The van der Waals surface area contributed by atoms with E-state index in [0.717, 1.165) is 11.8 Å². The van der Waals surface area contributed by atoms with Crippen LogP contribution in [0.2, 0.25) is 0 Å². The minimum absolute atomic E-state index is 0.0211. The van der Waals surface area contributed by atoms with Gasteiger partial charge in [0.1, 0.15) is 16.3 Å². The number of sulfone groups is 1. The van der Waals surface area contributed by atoms with E-state index in [2.05, 4.69) is 4.99 Å². The average Bonchev–Trinajstić information content (AvgIpc) is 2.81. The molecule has 0 aliphatic carbocycles. The summed E-state index contributed by atoms with van der Waals surface area (Å²) in [5, 5.41) is 0.0211. The molecular weight excluding hydrogens is 380 g/mol. The Bertz CT molecular complexity index is 1080. The third kappa shape index (κ3) is 2.56. The van der Waals surface area contributed by atoms with Crippen molar-refractivity contribution in [2.45, 2.75) is 18.1 Å². The van der Waals surface area contributed by atoms with Crippen LogP contribution >= 0.6 is 0 Å². The van der Waals surface area contributed by atoms with Gasteiger partial charge in [-0.25, -0.2) is 13.4 Å². The van der Waals surface area contributed by atoms with Gasteiger partial charge in [-0.05, 0) is 29.8 Å². The van der Waals surface area contributed by atoms with Crippen molar-refractivity contribution in [3.63, 3.8) is 0 Å². The highest BCUT2D eigenvalue weighted by Crippen LogP contribution is 2.53. The summed E-state index contributed by atoms with van der Waals surface area (Å²) in [5.41, 5.74) is 0.761. The molecule has 4 rings (SSSR count). The van der Waals surface area contributed by atoms with Gasteiger partial charge in [-0.1, -0.05) is 24.3 Å². The van der Waals surface area contributed by atoms with E-state index in [0.29, 0.717) is 17.1 Å². The minimum Gasteiger partial charge on any atom is -0.497 e. The summed E-state index contributed by atoms with van der Waals surface area (Å²) in [7, 11) is -0.563. The standard InChI is InChI=1S/C20H20N2O5S/c1-26-14-10-8-13(9-11-14)20-12-17(28(3,24)25)21-15-6-4-5-7-16(15)22(20)19(23)18(20)27-2/h4-11,18H,12H2,1-3H3. The van der Waals surface area contributed by atoms with Crippen LogP contribution in [0.15, 0.2) is 53.5 Å². The monoisotopic (exact) mass is 400 g/mol. The van der Waals surface area contributed by atoms with Gasteiger partial charge in [-0.2, -0.15) is 0 Å². The summed E-state index contributed by atoms with van der Waals surface area (Å²) in [6.45, 7) is 0. The van der Waals surface area contributed by atoms with Gasteiger partial charge in [0.2, 0.25) is 0 Å². The van der Waals surface area contributed by atoms with Crippen LogP contribution in [0.1, 0.15) is 12.0 Å². The first-order valence-corrected chi connectivity index (χ1v) is 10.6. The Balaban J connectivity index is 1.99. The fourth-order valence-electron chi connectivity index (χ4n) is 4.00. The second-order valence-electron chi connectivity index (χ2n) is 6.89. The summed E-state index contributed by atoms with van der Waals surface area (Å²) in [6.07, 6.45) is 0.338. The Hall–Kier alpha value is -2.71. The van der Waals surface area contributed by atoms with E-state index < -0.39 is 21.5 Å². The maximum Gasteiger partial charge on any atom is 0.259 e. The predicted molar refractivity (Wildman–Crippen MR) is 106 cm³/mol. The first-order valence-electron chi connectivity index (χ1n) is 8.71. The van der Waals surface area contributed by atoms with Gasteiger partial charge in [0.25, 0.3) is 5.91 Å². The van der Waals surface area contributed by atoms with Gasteiger partial charge < -0.3 is 9.47 Å². The number of anilines is 1. The quantitative estimate of drug-likeness (QED) is 0.739. The normalized spacial score (nSPS) is 23.8. The van der Waals surface area contributed by atoms with E-state index in [4.69, 9.17) is 9.47 Å². The molecule has 2 aromatic carbocycles. The second kappa shape index (κ2) is 6.42. The summed E-state index contributed by atoms with van der Waals surface area (Å²) >= 11 is 0. The molecule has 2 aliphatic rings. The number of hydrogen-bond donors (Lipinski definition) is 0. The van der Waals surface area contributed by atoms with Crippen molar-refractivity contribution in [1.29, 1.82) is 0 Å². The maximum atomic E-state index is 13.0. The fraction of sp³-hybridized carbons (Fsp3) is 0.300. The van der Waals surface area contributed by atoms with Crippen LogP contribution in [0.25, 0.3) is 0 Å². The molecule has 0 bridgehead atoms. The fourth-order valence-corrected chi connectivity index (χ4v) is 4.75. The number of benzene rings is 2. The van der Waals surface area contributed by atoms with Gasteiger partial charge in [0.15, 0.2) is 15.9 Å². The molecule has 2 unspecified atom stereocenters. The van der Waals surface area contributed by atoms with Crippen LogP contribution in [-0.2, 0) is 24.9 Å². The van der Waals surface area contributed by atoms with Gasteiger partial charge in [0.05, 0.1) is 18.5 Å². The van der Waals surface area contributed by atoms with Crippen molar-refractivity contribution in [3.8, 4) is 5.75 Å². The van der Waals surface area contributed by atoms with Crippen molar-refractivity contribution < 1.29 is 22.7 Å². The maximum absolute atomic E-state index is 13.0. The smallest absolute Gasteiger partial charge is 0.259 e. The zero-order chi connectivity index (χ0) is 20.1. The van der Waals surface area contributed by atoms with Crippen LogP contribution in [0, 0.1) is 0 Å².